The second-order valence-electron chi connectivity index (χ2n) is 7.02. The van der Waals surface area contributed by atoms with E-state index in [-0.39, 0.29) is 5.41 Å². The summed E-state index contributed by atoms with van der Waals surface area (Å²) in [7, 11) is 0. The molecule has 0 spiro atoms. The lowest BCUT2D eigenvalue weighted by molar-refractivity contribution is 0.393. The minimum absolute atomic E-state index is 0.230. The first-order valence-electron chi connectivity index (χ1n) is 7.85. The molecular weight excluding hydrogens is 240 g/mol. The van der Waals surface area contributed by atoms with E-state index in [2.05, 4.69) is 56.3 Å². The largest absolute Gasteiger partial charge is 0.0755 e. The van der Waals surface area contributed by atoms with Crippen LogP contribution in [0.25, 0.3) is 6.08 Å². The van der Waals surface area contributed by atoms with Gasteiger partial charge >= 0.3 is 0 Å². The zero-order chi connectivity index (χ0) is 13.7. The molecule has 0 radical (unpaired) electrons. The molecule has 1 unspecified atom stereocenters. The summed E-state index contributed by atoms with van der Waals surface area (Å²) in [6.07, 6.45) is 12.5. The number of benzene rings is 1. The lowest BCUT2D eigenvalue weighted by Crippen LogP contribution is -2.22. The number of rotatable bonds is 2. The summed E-state index contributed by atoms with van der Waals surface area (Å²) in [5, 5.41) is 0. The SMILES string of the molecule is CC(C)(C1=CC2=C(CCC2)C1)C1C=Cc2ccccc21. The second-order valence-corrected chi connectivity index (χ2v) is 7.02. The van der Waals surface area contributed by atoms with Crippen molar-refractivity contribution in [2.45, 2.75) is 45.4 Å². The van der Waals surface area contributed by atoms with Crippen LogP contribution in [0.5, 0.6) is 0 Å². The van der Waals surface area contributed by atoms with Crippen LogP contribution >= 0.6 is 0 Å². The van der Waals surface area contributed by atoms with Crippen LogP contribution in [-0.4, -0.2) is 0 Å². The maximum absolute atomic E-state index is 2.52. The number of hydrogen-bond donors (Lipinski definition) is 0. The molecule has 102 valence electrons. The maximum Gasteiger partial charge on any atom is 0.0116 e. The smallest absolute Gasteiger partial charge is 0.0116 e. The van der Waals surface area contributed by atoms with Crippen molar-refractivity contribution in [1.82, 2.24) is 0 Å². The topological polar surface area (TPSA) is 0 Å². The Bertz CT molecular complexity index is 652. The predicted octanol–water partition coefficient (Wildman–Crippen LogP) is 5.63. The van der Waals surface area contributed by atoms with Gasteiger partial charge in [-0.3, -0.25) is 0 Å². The summed E-state index contributed by atoms with van der Waals surface area (Å²) < 4.78 is 0. The molecule has 0 saturated carbocycles. The highest BCUT2D eigenvalue weighted by atomic mass is 14.4. The average Bonchev–Trinajstić information content (AvgIpc) is 3.12. The van der Waals surface area contributed by atoms with Crippen LogP contribution in [-0.2, 0) is 0 Å². The van der Waals surface area contributed by atoms with Gasteiger partial charge in [0.2, 0.25) is 0 Å². The fourth-order valence-electron chi connectivity index (χ4n) is 4.19. The quantitative estimate of drug-likeness (QED) is 0.647. The van der Waals surface area contributed by atoms with E-state index >= 15 is 0 Å². The molecule has 0 heteroatoms. The van der Waals surface area contributed by atoms with Crippen LogP contribution in [0.1, 0.15) is 56.6 Å². The summed E-state index contributed by atoms with van der Waals surface area (Å²) in [4.78, 5) is 0. The molecule has 1 atom stereocenters. The third-order valence-corrected chi connectivity index (χ3v) is 5.54. The van der Waals surface area contributed by atoms with Gasteiger partial charge in [-0.15, -0.1) is 0 Å². The highest BCUT2D eigenvalue weighted by Crippen LogP contribution is 2.52. The number of fused-ring (bicyclic) bond motifs is 1. The fourth-order valence-corrected chi connectivity index (χ4v) is 4.19. The van der Waals surface area contributed by atoms with Gasteiger partial charge < -0.3 is 0 Å². The molecule has 1 aromatic carbocycles. The van der Waals surface area contributed by atoms with E-state index in [9.17, 15) is 0 Å². The van der Waals surface area contributed by atoms with Crippen molar-refractivity contribution in [3.05, 3.63) is 64.3 Å². The predicted molar refractivity (Wildman–Crippen MR) is 85.6 cm³/mol. The van der Waals surface area contributed by atoms with Crippen LogP contribution < -0.4 is 0 Å². The molecule has 3 aliphatic rings. The number of allylic oxidation sites excluding steroid dienone is 5. The minimum Gasteiger partial charge on any atom is -0.0755 e. The van der Waals surface area contributed by atoms with Crippen molar-refractivity contribution in [1.29, 1.82) is 0 Å². The van der Waals surface area contributed by atoms with E-state index < -0.39 is 0 Å². The molecule has 1 aromatic rings. The van der Waals surface area contributed by atoms with E-state index in [0.717, 1.165) is 0 Å². The molecule has 0 fully saturated rings. The molecule has 3 aliphatic carbocycles. The molecular formula is C20H22. The minimum atomic E-state index is 0.230. The zero-order valence-corrected chi connectivity index (χ0v) is 12.4. The van der Waals surface area contributed by atoms with E-state index in [0.29, 0.717) is 5.92 Å². The summed E-state index contributed by atoms with van der Waals surface area (Å²) in [5.41, 5.74) is 8.17. The molecule has 0 N–H and O–H groups in total. The first-order valence-corrected chi connectivity index (χ1v) is 7.85. The van der Waals surface area contributed by atoms with Crippen LogP contribution in [0.2, 0.25) is 0 Å². The van der Waals surface area contributed by atoms with Crippen molar-refractivity contribution in [3.63, 3.8) is 0 Å². The monoisotopic (exact) mass is 262 g/mol. The lowest BCUT2D eigenvalue weighted by Gasteiger charge is -2.34. The summed E-state index contributed by atoms with van der Waals surface area (Å²) >= 11 is 0. The number of hydrogen-bond acceptors (Lipinski definition) is 0. The molecule has 0 amide bonds. The first kappa shape index (κ1) is 12.2. The van der Waals surface area contributed by atoms with Gasteiger partial charge in [0.05, 0.1) is 0 Å². The Hall–Kier alpha value is -1.56. The summed E-state index contributed by atoms with van der Waals surface area (Å²) in [6.45, 7) is 4.86. The van der Waals surface area contributed by atoms with E-state index in [1.807, 2.05) is 0 Å². The second kappa shape index (κ2) is 4.22. The lowest BCUT2D eigenvalue weighted by atomic mass is 9.70. The molecule has 0 aromatic heterocycles. The normalized spacial score (nSPS) is 24.1. The van der Waals surface area contributed by atoms with Gasteiger partial charge in [0, 0.05) is 5.92 Å². The molecule has 20 heavy (non-hydrogen) atoms. The Morgan fingerprint density at radius 3 is 2.80 bits per heavy atom. The Labute approximate surface area is 121 Å². The van der Waals surface area contributed by atoms with Gasteiger partial charge in [0.25, 0.3) is 0 Å². The van der Waals surface area contributed by atoms with Crippen molar-refractivity contribution < 1.29 is 0 Å². The van der Waals surface area contributed by atoms with Crippen molar-refractivity contribution in [2.24, 2.45) is 5.41 Å². The van der Waals surface area contributed by atoms with E-state index in [1.165, 1.54) is 36.8 Å². The molecule has 0 heterocycles. The van der Waals surface area contributed by atoms with Gasteiger partial charge in [0.1, 0.15) is 0 Å². The van der Waals surface area contributed by atoms with Crippen molar-refractivity contribution in [2.75, 3.05) is 0 Å². The highest BCUT2D eigenvalue weighted by molar-refractivity contribution is 5.64. The maximum atomic E-state index is 2.52. The Morgan fingerprint density at radius 1 is 1.10 bits per heavy atom. The van der Waals surface area contributed by atoms with Crippen molar-refractivity contribution >= 4 is 6.08 Å². The van der Waals surface area contributed by atoms with Crippen molar-refractivity contribution in [3.8, 4) is 0 Å². The molecule has 0 aliphatic heterocycles. The van der Waals surface area contributed by atoms with E-state index in [1.54, 1.807) is 16.7 Å². The van der Waals surface area contributed by atoms with Crippen LogP contribution in [0, 0.1) is 5.41 Å². The Balaban J connectivity index is 1.68. The Morgan fingerprint density at radius 2 is 1.95 bits per heavy atom. The zero-order valence-electron chi connectivity index (χ0n) is 12.4. The standard InChI is InChI=1S/C20H22/c1-20(2,17-12-15-7-5-8-16(15)13-17)19-11-10-14-6-3-4-9-18(14)19/h3-4,6,9-12,19H,5,7-8,13H2,1-2H3. The molecule has 0 bridgehead atoms. The van der Waals surface area contributed by atoms with E-state index in [4.69, 9.17) is 0 Å². The van der Waals surface area contributed by atoms with Crippen LogP contribution in [0.3, 0.4) is 0 Å². The summed E-state index contributed by atoms with van der Waals surface area (Å²) in [5.74, 6) is 0.532. The molecule has 0 nitrogen and oxygen atoms in total. The average molecular weight is 262 g/mol. The van der Waals surface area contributed by atoms with Crippen LogP contribution in [0.15, 0.2) is 53.1 Å². The Kier molecular flexibility index (Phi) is 2.57. The van der Waals surface area contributed by atoms with Gasteiger partial charge in [-0.05, 0) is 47.8 Å². The first-order chi connectivity index (χ1) is 9.66. The van der Waals surface area contributed by atoms with Gasteiger partial charge in [0.15, 0.2) is 0 Å². The highest BCUT2D eigenvalue weighted by Gasteiger charge is 2.38. The fraction of sp³-hybridized carbons (Fsp3) is 0.400. The van der Waals surface area contributed by atoms with Gasteiger partial charge in [-0.2, -0.15) is 0 Å². The third-order valence-electron chi connectivity index (χ3n) is 5.54. The van der Waals surface area contributed by atoms with Crippen LogP contribution in [0.4, 0.5) is 0 Å². The summed E-state index contributed by atoms with van der Waals surface area (Å²) in [6, 6.07) is 8.86. The van der Waals surface area contributed by atoms with Gasteiger partial charge in [-0.1, -0.05) is 67.5 Å². The molecule has 0 saturated heterocycles. The molecule has 4 rings (SSSR count). The third kappa shape index (κ3) is 1.67. The van der Waals surface area contributed by atoms with Gasteiger partial charge in [-0.25, -0.2) is 0 Å².